The summed E-state index contributed by atoms with van der Waals surface area (Å²) in [4.78, 5) is 10.8. The van der Waals surface area contributed by atoms with E-state index in [-0.39, 0.29) is 11.6 Å². The zero-order chi connectivity index (χ0) is 12.3. The number of nitrogens with zero attached hydrogens (tertiary/aromatic N) is 2. The highest BCUT2D eigenvalue weighted by Crippen LogP contribution is 2.22. The van der Waals surface area contributed by atoms with E-state index >= 15 is 0 Å². The van der Waals surface area contributed by atoms with Gasteiger partial charge in [0.15, 0.2) is 0 Å². The standard InChI is InChI=1S/C11H9N3O3/c1-2-7-4-3-5-8(6-7)17-10-9(11(15)16)12-14-13-10/h2-6H,1H2,(H,15,16)(H,12,13,14). The largest absolute Gasteiger partial charge is 0.476 e. The fourth-order valence-electron chi connectivity index (χ4n) is 1.25. The molecule has 17 heavy (non-hydrogen) atoms. The molecule has 0 unspecified atom stereocenters. The summed E-state index contributed by atoms with van der Waals surface area (Å²) in [6, 6.07) is 7.04. The van der Waals surface area contributed by atoms with E-state index in [1.807, 2.05) is 6.07 Å². The number of aromatic amines is 1. The second-order valence-electron chi connectivity index (χ2n) is 3.17. The van der Waals surface area contributed by atoms with E-state index in [4.69, 9.17) is 9.84 Å². The molecule has 6 nitrogen and oxygen atoms in total. The van der Waals surface area contributed by atoms with Crippen molar-refractivity contribution < 1.29 is 14.6 Å². The van der Waals surface area contributed by atoms with Crippen LogP contribution in [0.2, 0.25) is 0 Å². The first-order valence-electron chi connectivity index (χ1n) is 4.75. The summed E-state index contributed by atoms with van der Waals surface area (Å²) in [7, 11) is 0. The summed E-state index contributed by atoms with van der Waals surface area (Å²) in [6.45, 7) is 3.63. The number of hydrogen-bond donors (Lipinski definition) is 2. The van der Waals surface area contributed by atoms with Gasteiger partial charge in [-0.15, -0.1) is 5.10 Å². The number of hydrogen-bond acceptors (Lipinski definition) is 4. The van der Waals surface area contributed by atoms with Crippen molar-refractivity contribution in [2.45, 2.75) is 0 Å². The number of nitrogens with one attached hydrogen (secondary N) is 1. The van der Waals surface area contributed by atoms with E-state index in [2.05, 4.69) is 22.0 Å². The van der Waals surface area contributed by atoms with E-state index in [0.29, 0.717) is 5.75 Å². The zero-order valence-corrected chi connectivity index (χ0v) is 8.75. The van der Waals surface area contributed by atoms with Crippen LogP contribution in [0.25, 0.3) is 6.08 Å². The Morgan fingerprint density at radius 3 is 3.06 bits per heavy atom. The molecule has 1 aromatic heterocycles. The van der Waals surface area contributed by atoms with Gasteiger partial charge in [-0.2, -0.15) is 0 Å². The second kappa shape index (κ2) is 4.48. The Kier molecular flexibility index (Phi) is 2.87. The van der Waals surface area contributed by atoms with Crippen molar-refractivity contribution in [1.82, 2.24) is 15.4 Å². The highest BCUT2D eigenvalue weighted by atomic mass is 16.5. The Bertz CT molecular complexity index is 563. The fourth-order valence-corrected chi connectivity index (χ4v) is 1.25. The molecule has 2 rings (SSSR count). The average Bonchev–Trinajstić information content (AvgIpc) is 2.77. The molecule has 1 heterocycles. The number of H-pyrrole nitrogens is 1. The molecule has 0 spiro atoms. The van der Waals surface area contributed by atoms with Gasteiger partial charge in [0.1, 0.15) is 5.75 Å². The molecule has 0 atom stereocenters. The molecule has 0 fully saturated rings. The van der Waals surface area contributed by atoms with Crippen LogP contribution in [0.3, 0.4) is 0 Å². The van der Waals surface area contributed by atoms with Gasteiger partial charge in [0.25, 0.3) is 5.88 Å². The monoisotopic (exact) mass is 231 g/mol. The maximum Gasteiger partial charge on any atom is 0.362 e. The summed E-state index contributed by atoms with van der Waals surface area (Å²) in [6.07, 6.45) is 1.66. The third-order valence-corrected chi connectivity index (χ3v) is 2.03. The normalized spacial score (nSPS) is 9.88. The van der Waals surface area contributed by atoms with E-state index in [1.165, 1.54) is 0 Å². The highest BCUT2D eigenvalue weighted by molar-refractivity contribution is 5.87. The summed E-state index contributed by atoms with van der Waals surface area (Å²) in [5.41, 5.74) is 0.612. The molecule has 1 aromatic carbocycles. The minimum Gasteiger partial charge on any atom is -0.476 e. The van der Waals surface area contributed by atoms with Crippen LogP contribution in [0.1, 0.15) is 16.1 Å². The first kappa shape index (κ1) is 10.9. The molecule has 6 heteroatoms. The first-order valence-corrected chi connectivity index (χ1v) is 4.75. The molecule has 0 bridgehead atoms. The van der Waals surface area contributed by atoms with Crippen LogP contribution < -0.4 is 4.74 Å². The van der Waals surface area contributed by atoms with Crippen LogP contribution in [0.5, 0.6) is 11.6 Å². The van der Waals surface area contributed by atoms with Gasteiger partial charge < -0.3 is 9.84 Å². The van der Waals surface area contributed by atoms with Gasteiger partial charge in [-0.1, -0.05) is 30.0 Å². The van der Waals surface area contributed by atoms with Crippen LogP contribution in [0.15, 0.2) is 30.8 Å². The van der Waals surface area contributed by atoms with Crippen molar-refractivity contribution in [1.29, 1.82) is 0 Å². The van der Waals surface area contributed by atoms with Crippen LogP contribution in [0, 0.1) is 0 Å². The van der Waals surface area contributed by atoms with Gasteiger partial charge in [0.05, 0.1) is 0 Å². The number of benzene rings is 1. The molecule has 0 saturated heterocycles. The van der Waals surface area contributed by atoms with Gasteiger partial charge in [-0.25, -0.2) is 9.89 Å². The van der Waals surface area contributed by atoms with Crippen LogP contribution in [0.4, 0.5) is 0 Å². The SMILES string of the molecule is C=Cc1cccc(Oc2[nH]nnc2C(=O)O)c1. The molecular formula is C11H9N3O3. The minimum atomic E-state index is -1.20. The number of carbonyl (C=O) groups is 1. The lowest BCUT2D eigenvalue weighted by Gasteiger charge is -2.03. The van der Waals surface area contributed by atoms with E-state index in [1.54, 1.807) is 24.3 Å². The van der Waals surface area contributed by atoms with Crippen molar-refractivity contribution >= 4 is 12.0 Å². The zero-order valence-electron chi connectivity index (χ0n) is 8.75. The molecule has 0 amide bonds. The molecule has 0 aliphatic carbocycles. The third kappa shape index (κ3) is 2.31. The van der Waals surface area contributed by atoms with Gasteiger partial charge in [0.2, 0.25) is 5.69 Å². The van der Waals surface area contributed by atoms with Gasteiger partial charge in [-0.3, -0.25) is 0 Å². The predicted molar refractivity (Wildman–Crippen MR) is 59.9 cm³/mol. The summed E-state index contributed by atoms with van der Waals surface area (Å²) >= 11 is 0. The maximum absolute atomic E-state index is 10.8. The number of carboxylic acids is 1. The molecule has 0 radical (unpaired) electrons. The number of ether oxygens (including phenoxy) is 1. The van der Waals surface area contributed by atoms with E-state index < -0.39 is 5.97 Å². The molecular weight excluding hydrogens is 222 g/mol. The molecule has 86 valence electrons. The van der Waals surface area contributed by atoms with E-state index in [0.717, 1.165) is 5.56 Å². The van der Waals surface area contributed by atoms with Crippen LogP contribution in [-0.2, 0) is 0 Å². The first-order chi connectivity index (χ1) is 8.20. The van der Waals surface area contributed by atoms with Crippen molar-refractivity contribution in [3.05, 3.63) is 42.1 Å². The number of aromatic carboxylic acids is 1. The number of rotatable bonds is 4. The Hall–Kier alpha value is -2.63. The summed E-state index contributed by atoms with van der Waals surface area (Å²) < 4.78 is 5.34. The Morgan fingerprint density at radius 2 is 2.35 bits per heavy atom. The quantitative estimate of drug-likeness (QED) is 0.839. The van der Waals surface area contributed by atoms with Crippen molar-refractivity contribution in [2.24, 2.45) is 0 Å². The smallest absolute Gasteiger partial charge is 0.362 e. The molecule has 0 aliphatic heterocycles. The van der Waals surface area contributed by atoms with E-state index in [9.17, 15) is 4.79 Å². The van der Waals surface area contributed by atoms with Crippen molar-refractivity contribution in [3.8, 4) is 11.6 Å². The number of aromatic nitrogens is 3. The van der Waals surface area contributed by atoms with Gasteiger partial charge >= 0.3 is 5.97 Å². The Labute approximate surface area is 96.5 Å². The highest BCUT2D eigenvalue weighted by Gasteiger charge is 2.16. The average molecular weight is 231 g/mol. The Balaban J connectivity index is 2.28. The maximum atomic E-state index is 10.8. The number of carboxylic acid groups (broad SMARTS) is 1. The van der Waals surface area contributed by atoms with Gasteiger partial charge in [0, 0.05) is 0 Å². The van der Waals surface area contributed by atoms with Gasteiger partial charge in [-0.05, 0) is 17.7 Å². The van der Waals surface area contributed by atoms with Crippen LogP contribution in [-0.4, -0.2) is 26.5 Å². The van der Waals surface area contributed by atoms with Crippen molar-refractivity contribution in [3.63, 3.8) is 0 Å². The lowest BCUT2D eigenvalue weighted by Crippen LogP contribution is -1.99. The lowest BCUT2D eigenvalue weighted by atomic mass is 10.2. The predicted octanol–water partition coefficient (Wildman–Crippen LogP) is 1.94. The topological polar surface area (TPSA) is 88.1 Å². The van der Waals surface area contributed by atoms with Crippen molar-refractivity contribution in [2.75, 3.05) is 0 Å². The molecule has 0 aliphatic rings. The summed E-state index contributed by atoms with van der Waals surface area (Å²) in [5.74, 6) is -0.719. The molecule has 2 aromatic rings. The lowest BCUT2D eigenvalue weighted by molar-refractivity contribution is 0.0687. The molecule has 2 N–H and O–H groups in total. The minimum absolute atomic E-state index is 0.00119. The third-order valence-electron chi connectivity index (χ3n) is 2.03. The van der Waals surface area contributed by atoms with Crippen LogP contribution >= 0.6 is 0 Å². The summed E-state index contributed by atoms with van der Waals surface area (Å²) in [5, 5.41) is 18.0. The Morgan fingerprint density at radius 1 is 1.53 bits per heavy atom. The second-order valence-corrected chi connectivity index (χ2v) is 3.17. The fraction of sp³-hybridized carbons (Fsp3) is 0. The molecule has 0 saturated carbocycles.